The fraction of sp³-hybridized carbons (Fsp3) is 0.692. The molecule has 0 amide bonds. The highest BCUT2D eigenvalue weighted by Crippen LogP contribution is 2.30. The first kappa shape index (κ1) is 13.2. The number of hydrogen-bond donors (Lipinski definition) is 2. The molecule has 1 atom stereocenters. The highest BCUT2D eigenvalue weighted by atomic mass is 16.5. The van der Waals surface area contributed by atoms with Gasteiger partial charge in [-0.15, -0.1) is 0 Å². The van der Waals surface area contributed by atoms with Crippen molar-refractivity contribution in [2.45, 2.75) is 46.1 Å². The average Bonchev–Trinajstić information content (AvgIpc) is 2.82. The van der Waals surface area contributed by atoms with Crippen LogP contribution < -0.4 is 11.3 Å². The van der Waals surface area contributed by atoms with E-state index in [1.165, 1.54) is 5.56 Å². The largest absolute Gasteiger partial charge is 0.370 e. The normalized spacial score (nSPS) is 15.8. The SMILES string of the molecule is CCOC(c1nc2c(c(NN)n1)CCC2)C(C)C. The third kappa shape index (κ3) is 2.47. The number of hydrogen-bond acceptors (Lipinski definition) is 5. The summed E-state index contributed by atoms with van der Waals surface area (Å²) in [6.45, 7) is 6.89. The first-order valence-electron chi connectivity index (χ1n) is 6.65. The first-order chi connectivity index (χ1) is 8.67. The summed E-state index contributed by atoms with van der Waals surface area (Å²) in [5, 5.41) is 0. The van der Waals surface area contributed by atoms with Gasteiger partial charge < -0.3 is 10.2 Å². The van der Waals surface area contributed by atoms with Crippen LogP contribution in [0.15, 0.2) is 0 Å². The second-order valence-corrected chi connectivity index (χ2v) is 4.97. The number of nitrogens with one attached hydrogen (secondary N) is 1. The molecule has 5 heteroatoms. The fourth-order valence-corrected chi connectivity index (χ4v) is 2.44. The van der Waals surface area contributed by atoms with E-state index in [1.807, 2.05) is 6.92 Å². The van der Waals surface area contributed by atoms with Gasteiger partial charge in [0.1, 0.15) is 11.9 Å². The number of aryl methyl sites for hydroxylation is 1. The van der Waals surface area contributed by atoms with Crippen molar-refractivity contribution in [3.8, 4) is 0 Å². The number of aromatic nitrogens is 2. The summed E-state index contributed by atoms with van der Waals surface area (Å²) in [6, 6.07) is 0. The summed E-state index contributed by atoms with van der Waals surface area (Å²) in [4.78, 5) is 9.20. The molecule has 0 saturated carbocycles. The topological polar surface area (TPSA) is 73.1 Å². The van der Waals surface area contributed by atoms with Crippen LogP contribution in [0, 0.1) is 5.92 Å². The van der Waals surface area contributed by atoms with E-state index >= 15 is 0 Å². The van der Waals surface area contributed by atoms with Crippen LogP contribution >= 0.6 is 0 Å². The molecule has 1 heterocycles. The molecular formula is C13H22N4O. The van der Waals surface area contributed by atoms with E-state index in [0.717, 1.165) is 36.6 Å². The smallest absolute Gasteiger partial charge is 0.160 e. The highest BCUT2D eigenvalue weighted by Gasteiger charge is 2.24. The van der Waals surface area contributed by atoms with E-state index in [2.05, 4.69) is 29.2 Å². The predicted molar refractivity (Wildman–Crippen MR) is 71.1 cm³/mol. The first-order valence-corrected chi connectivity index (χ1v) is 6.65. The second kappa shape index (κ2) is 5.63. The summed E-state index contributed by atoms with van der Waals surface area (Å²) >= 11 is 0. The zero-order valence-corrected chi connectivity index (χ0v) is 11.4. The van der Waals surface area contributed by atoms with Gasteiger partial charge >= 0.3 is 0 Å². The molecule has 18 heavy (non-hydrogen) atoms. The third-order valence-electron chi connectivity index (χ3n) is 3.29. The molecule has 2 rings (SSSR count). The van der Waals surface area contributed by atoms with Gasteiger partial charge in [-0.25, -0.2) is 15.8 Å². The van der Waals surface area contributed by atoms with Crippen LogP contribution in [0.3, 0.4) is 0 Å². The van der Waals surface area contributed by atoms with Gasteiger partial charge in [-0.05, 0) is 32.1 Å². The van der Waals surface area contributed by atoms with E-state index in [1.54, 1.807) is 0 Å². The summed E-state index contributed by atoms with van der Waals surface area (Å²) in [5.74, 6) is 7.42. The van der Waals surface area contributed by atoms with Gasteiger partial charge in [-0.1, -0.05) is 13.8 Å². The number of anilines is 1. The van der Waals surface area contributed by atoms with Crippen LogP contribution in [0.5, 0.6) is 0 Å². The molecule has 0 aromatic carbocycles. The van der Waals surface area contributed by atoms with Crippen LogP contribution in [0.4, 0.5) is 5.82 Å². The Balaban J connectivity index is 2.38. The van der Waals surface area contributed by atoms with Crippen molar-refractivity contribution in [2.75, 3.05) is 12.0 Å². The van der Waals surface area contributed by atoms with Crippen molar-refractivity contribution in [2.24, 2.45) is 11.8 Å². The molecule has 0 bridgehead atoms. The van der Waals surface area contributed by atoms with Gasteiger partial charge in [0, 0.05) is 17.9 Å². The maximum Gasteiger partial charge on any atom is 0.160 e. The van der Waals surface area contributed by atoms with Gasteiger partial charge in [0.25, 0.3) is 0 Å². The van der Waals surface area contributed by atoms with Crippen LogP contribution in [-0.2, 0) is 17.6 Å². The van der Waals surface area contributed by atoms with Crippen LogP contribution in [-0.4, -0.2) is 16.6 Å². The molecular weight excluding hydrogens is 228 g/mol. The Morgan fingerprint density at radius 3 is 2.72 bits per heavy atom. The fourth-order valence-electron chi connectivity index (χ4n) is 2.44. The Bertz CT molecular complexity index is 420. The number of rotatable bonds is 5. The molecule has 0 radical (unpaired) electrons. The second-order valence-electron chi connectivity index (χ2n) is 4.97. The molecule has 1 unspecified atom stereocenters. The summed E-state index contributed by atoms with van der Waals surface area (Å²) in [5.41, 5.74) is 4.99. The van der Waals surface area contributed by atoms with Crippen molar-refractivity contribution < 1.29 is 4.74 Å². The Morgan fingerprint density at radius 1 is 1.33 bits per heavy atom. The number of nitrogen functional groups attached to an aromatic ring is 1. The van der Waals surface area contributed by atoms with Crippen molar-refractivity contribution in [3.63, 3.8) is 0 Å². The van der Waals surface area contributed by atoms with Gasteiger partial charge in [-0.2, -0.15) is 0 Å². The molecule has 1 aliphatic rings. The van der Waals surface area contributed by atoms with Crippen LogP contribution in [0.25, 0.3) is 0 Å². The van der Waals surface area contributed by atoms with E-state index in [-0.39, 0.29) is 6.10 Å². The minimum atomic E-state index is -0.0620. The zero-order valence-electron chi connectivity index (χ0n) is 11.4. The van der Waals surface area contributed by atoms with Crippen LogP contribution in [0.2, 0.25) is 0 Å². The quantitative estimate of drug-likeness (QED) is 0.617. The Kier molecular flexibility index (Phi) is 4.14. The molecule has 5 nitrogen and oxygen atoms in total. The van der Waals surface area contributed by atoms with Crippen molar-refractivity contribution in [1.29, 1.82) is 0 Å². The minimum absolute atomic E-state index is 0.0620. The number of hydrazine groups is 1. The highest BCUT2D eigenvalue weighted by molar-refractivity contribution is 5.48. The number of nitrogens with two attached hydrogens (primary N) is 1. The minimum Gasteiger partial charge on any atom is -0.370 e. The lowest BCUT2D eigenvalue weighted by Gasteiger charge is -2.21. The molecule has 100 valence electrons. The molecule has 0 saturated heterocycles. The summed E-state index contributed by atoms with van der Waals surface area (Å²) in [7, 11) is 0. The zero-order chi connectivity index (χ0) is 13.1. The lowest BCUT2D eigenvalue weighted by molar-refractivity contribution is 0.0231. The maximum atomic E-state index is 5.76. The molecule has 0 spiro atoms. The van der Waals surface area contributed by atoms with Gasteiger partial charge in [0.15, 0.2) is 5.82 Å². The number of nitrogens with zero attached hydrogens (tertiary/aromatic N) is 2. The number of fused-ring (bicyclic) bond motifs is 1. The summed E-state index contributed by atoms with van der Waals surface area (Å²) in [6.07, 6.45) is 3.09. The van der Waals surface area contributed by atoms with Gasteiger partial charge in [-0.3, -0.25) is 0 Å². The van der Waals surface area contributed by atoms with E-state index in [4.69, 9.17) is 10.6 Å². The predicted octanol–water partition coefficient (Wildman–Crippen LogP) is 1.98. The van der Waals surface area contributed by atoms with E-state index < -0.39 is 0 Å². The monoisotopic (exact) mass is 250 g/mol. The standard InChI is InChI=1S/C13H22N4O/c1-4-18-11(8(2)3)13-15-10-7-5-6-9(10)12(16-13)17-14/h8,11H,4-7,14H2,1-3H3,(H,15,16,17). The lowest BCUT2D eigenvalue weighted by atomic mass is 10.1. The summed E-state index contributed by atoms with van der Waals surface area (Å²) < 4.78 is 5.76. The Hall–Kier alpha value is -1.20. The molecule has 1 aromatic heterocycles. The van der Waals surface area contributed by atoms with Gasteiger partial charge in [0.2, 0.25) is 0 Å². The molecule has 1 aromatic rings. The molecule has 3 N–H and O–H groups in total. The molecule has 1 aliphatic carbocycles. The molecule has 0 fully saturated rings. The average molecular weight is 250 g/mol. The van der Waals surface area contributed by atoms with Crippen molar-refractivity contribution >= 4 is 5.82 Å². The van der Waals surface area contributed by atoms with E-state index in [0.29, 0.717) is 12.5 Å². The maximum absolute atomic E-state index is 5.76. The Labute approximate surface area is 108 Å². The lowest BCUT2D eigenvalue weighted by Crippen LogP contribution is -2.19. The van der Waals surface area contributed by atoms with E-state index in [9.17, 15) is 0 Å². The van der Waals surface area contributed by atoms with Gasteiger partial charge in [0.05, 0.1) is 0 Å². The number of ether oxygens (including phenoxy) is 1. The Morgan fingerprint density at radius 2 is 2.11 bits per heavy atom. The van der Waals surface area contributed by atoms with Crippen LogP contribution in [0.1, 0.15) is 50.4 Å². The third-order valence-corrected chi connectivity index (χ3v) is 3.29. The van der Waals surface area contributed by atoms with Crippen molar-refractivity contribution in [1.82, 2.24) is 9.97 Å². The van der Waals surface area contributed by atoms with Crippen molar-refractivity contribution in [3.05, 3.63) is 17.1 Å². The molecule has 0 aliphatic heterocycles.